The van der Waals surface area contributed by atoms with Crippen LogP contribution in [0.4, 0.5) is 5.69 Å². The molecule has 0 atom stereocenters. The normalized spacial score (nSPS) is 16.5. The van der Waals surface area contributed by atoms with Crippen molar-refractivity contribution in [2.45, 2.75) is 11.1 Å². The number of rotatable bonds is 5. The average Bonchev–Trinajstić information content (AvgIpc) is 3.20. The minimum absolute atomic E-state index is 0.0217. The Balaban J connectivity index is 1.81. The van der Waals surface area contributed by atoms with Gasteiger partial charge < -0.3 is 9.26 Å². The SMILES string of the molecule is Cc1noc(C=Cc2ccc(S(=O)(=O)N3CCOCC3)s2)c1[N+](=O)[O-]. The number of nitro groups is 1. The monoisotopic (exact) mass is 385 g/mol. The molecule has 0 aliphatic carbocycles. The predicted molar refractivity (Wildman–Crippen MR) is 90.7 cm³/mol. The zero-order valence-electron chi connectivity index (χ0n) is 13.2. The van der Waals surface area contributed by atoms with Crippen molar-refractivity contribution in [2.24, 2.45) is 0 Å². The lowest BCUT2D eigenvalue weighted by Gasteiger charge is -2.25. The predicted octanol–water partition coefficient (Wildman–Crippen LogP) is 2.14. The maximum atomic E-state index is 12.6. The van der Waals surface area contributed by atoms with E-state index in [0.29, 0.717) is 31.2 Å². The minimum Gasteiger partial charge on any atom is -0.379 e. The number of sulfonamides is 1. The second-order valence-corrected chi connectivity index (χ2v) is 8.52. The lowest BCUT2D eigenvalue weighted by atomic mass is 10.3. The first-order valence-electron chi connectivity index (χ1n) is 7.36. The first-order chi connectivity index (χ1) is 11.9. The van der Waals surface area contributed by atoms with Crippen LogP contribution in [0.1, 0.15) is 16.3 Å². The third-order valence-electron chi connectivity index (χ3n) is 3.60. The Morgan fingerprint density at radius 2 is 2.04 bits per heavy atom. The number of thiophene rings is 1. The number of aryl methyl sites for hydroxylation is 1. The van der Waals surface area contributed by atoms with Gasteiger partial charge >= 0.3 is 5.69 Å². The highest BCUT2D eigenvalue weighted by Gasteiger charge is 2.27. The highest BCUT2D eigenvalue weighted by atomic mass is 32.2. The molecule has 9 nitrogen and oxygen atoms in total. The van der Waals surface area contributed by atoms with Crippen LogP contribution in [0.15, 0.2) is 20.9 Å². The Hall–Kier alpha value is -2.08. The summed E-state index contributed by atoms with van der Waals surface area (Å²) in [6.07, 6.45) is 2.98. The standard InChI is InChI=1S/C14H15N3O6S2/c1-10-14(17(18)19)12(23-15-10)4-2-11-3-5-13(24-11)25(20,21)16-6-8-22-9-7-16/h2-5H,6-9H2,1H3. The Labute approximate surface area is 147 Å². The van der Waals surface area contributed by atoms with E-state index in [0.717, 1.165) is 11.3 Å². The molecular formula is C14H15N3O6S2. The first-order valence-corrected chi connectivity index (χ1v) is 9.62. The molecule has 0 aromatic carbocycles. The molecule has 1 saturated heterocycles. The molecule has 0 unspecified atom stereocenters. The fourth-order valence-electron chi connectivity index (χ4n) is 2.35. The van der Waals surface area contributed by atoms with Crippen LogP contribution < -0.4 is 0 Å². The highest BCUT2D eigenvalue weighted by molar-refractivity contribution is 7.91. The molecule has 0 saturated carbocycles. The van der Waals surface area contributed by atoms with Gasteiger partial charge in [0.2, 0.25) is 5.76 Å². The molecule has 1 aliphatic rings. The van der Waals surface area contributed by atoms with Crippen LogP contribution in [0.3, 0.4) is 0 Å². The Morgan fingerprint density at radius 1 is 1.32 bits per heavy atom. The first kappa shape index (κ1) is 17.7. The lowest BCUT2D eigenvalue weighted by molar-refractivity contribution is -0.386. The lowest BCUT2D eigenvalue weighted by Crippen LogP contribution is -2.40. The van der Waals surface area contributed by atoms with Crippen LogP contribution in [0, 0.1) is 17.0 Å². The summed E-state index contributed by atoms with van der Waals surface area (Å²) in [5.41, 5.74) is -0.0135. The Morgan fingerprint density at radius 3 is 2.72 bits per heavy atom. The van der Waals surface area contributed by atoms with Crippen LogP contribution in [0.5, 0.6) is 0 Å². The molecular weight excluding hydrogens is 370 g/mol. The zero-order valence-corrected chi connectivity index (χ0v) is 14.9. The van der Waals surface area contributed by atoms with Crippen LogP contribution in [-0.4, -0.2) is 49.1 Å². The third-order valence-corrected chi connectivity index (χ3v) is 7.02. The smallest absolute Gasteiger partial charge is 0.338 e. The number of hydrogen-bond donors (Lipinski definition) is 0. The van der Waals surface area contributed by atoms with Gasteiger partial charge in [0, 0.05) is 18.0 Å². The zero-order chi connectivity index (χ0) is 18.0. The van der Waals surface area contributed by atoms with E-state index < -0.39 is 14.9 Å². The summed E-state index contributed by atoms with van der Waals surface area (Å²) in [6, 6.07) is 3.17. The molecule has 1 fully saturated rings. The summed E-state index contributed by atoms with van der Waals surface area (Å²) in [6.45, 7) is 2.90. The molecule has 0 N–H and O–H groups in total. The third kappa shape index (κ3) is 3.63. The van der Waals surface area contributed by atoms with Crippen molar-refractivity contribution in [3.8, 4) is 0 Å². The van der Waals surface area contributed by atoms with Gasteiger partial charge in [-0.25, -0.2) is 8.42 Å². The van der Waals surface area contributed by atoms with Gasteiger partial charge in [0.1, 0.15) is 4.21 Å². The minimum atomic E-state index is -3.55. The topological polar surface area (TPSA) is 116 Å². The molecule has 25 heavy (non-hydrogen) atoms. The molecule has 1 aliphatic heterocycles. The van der Waals surface area contributed by atoms with Crippen LogP contribution in [0.2, 0.25) is 0 Å². The molecule has 2 aromatic heterocycles. The number of ether oxygens (including phenoxy) is 1. The van der Waals surface area contributed by atoms with E-state index in [-0.39, 0.29) is 21.4 Å². The van der Waals surface area contributed by atoms with E-state index in [1.165, 1.54) is 23.4 Å². The van der Waals surface area contributed by atoms with E-state index in [4.69, 9.17) is 9.26 Å². The molecule has 11 heteroatoms. The molecule has 3 rings (SSSR count). The van der Waals surface area contributed by atoms with Gasteiger partial charge in [-0.05, 0) is 31.2 Å². The second-order valence-electron chi connectivity index (χ2n) is 5.24. The van der Waals surface area contributed by atoms with Crippen LogP contribution in [-0.2, 0) is 14.8 Å². The van der Waals surface area contributed by atoms with Crippen molar-refractivity contribution >= 4 is 39.2 Å². The number of hydrogen-bond acceptors (Lipinski definition) is 8. The summed E-state index contributed by atoms with van der Waals surface area (Å²) in [5, 5.41) is 14.6. The van der Waals surface area contributed by atoms with E-state index in [2.05, 4.69) is 5.16 Å². The molecule has 2 aromatic rings. The van der Waals surface area contributed by atoms with E-state index in [1.807, 2.05) is 0 Å². The van der Waals surface area contributed by atoms with Gasteiger partial charge in [0.05, 0.1) is 18.1 Å². The van der Waals surface area contributed by atoms with Crippen molar-refractivity contribution in [2.75, 3.05) is 26.3 Å². The van der Waals surface area contributed by atoms with Gasteiger partial charge in [-0.1, -0.05) is 5.16 Å². The maximum Gasteiger partial charge on any atom is 0.338 e. The molecule has 0 bridgehead atoms. The quantitative estimate of drug-likeness (QED) is 0.572. The fraction of sp³-hybridized carbons (Fsp3) is 0.357. The molecule has 0 radical (unpaired) electrons. The summed E-state index contributed by atoms with van der Waals surface area (Å²) < 4.78 is 36.8. The largest absolute Gasteiger partial charge is 0.379 e. The number of nitrogens with zero attached hydrogens (tertiary/aromatic N) is 3. The molecule has 134 valence electrons. The summed E-state index contributed by atoms with van der Waals surface area (Å²) >= 11 is 1.08. The van der Waals surface area contributed by atoms with Crippen molar-refractivity contribution in [1.82, 2.24) is 9.46 Å². The van der Waals surface area contributed by atoms with Gasteiger partial charge in [0.15, 0.2) is 5.69 Å². The van der Waals surface area contributed by atoms with Crippen LogP contribution in [0.25, 0.3) is 12.2 Å². The van der Waals surface area contributed by atoms with Gasteiger partial charge in [0.25, 0.3) is 10.0 Å². The van der Waals surface area contributed by atoms with Crippen molar-refractivity contribution in [1.29, 1.82) is 0 Å². The van der Waals surface area contributed by atoms with E-state index in [1.54, 1.807) is 12.1 Å². The van der Waals surface area contributed by atoms with Gasteiger partial charge in [-0.2, -0.15) is 4.31 Å². The van der Waals surface area contributed by atoms with E-state index in [9.17, 15) is 18.5 Å². The second kappa shape index (κ2) is 7.04. The van der Waals surface area contributed by atoms with Crippen molar-refractivity contribution < 1.29 is 22.6 Å². The van der Waals surface area contributed by atoms with Crippen LogP contribution >= 0.6 is 11.3 Å². The number of morpholine rings is 1. The Bertz CT molecular complexity index is 909. The fourth-order valence-corrected chi connectivity index (χ4v) is 5.14. The maximum absolute atomic E-state index is 12.6. The molecule has 3 heterocycles. The van der Waals surface area contributed by atoms with E-state index >= 15 is 0 Å². The molecule has 0 amide bonds. The molecule has 0 spiro atoms. The van der Waals surface area contributed by atoms with Gasteiger partial charge in [-0.3, -0.25) is 10.1 Å². The summed E-state index contributed by atoms with van der Waals surface area (Å²) in [4.78, 5) is 11.1. The van der Waals surface area contributed by atoms with Gasteiger partial charge in [-0.15, -0.1) is 11.3 Å². The number of aromatic nitrogens is 1. The summed E-state index contributed by atoms with van der Waals surface area (Å²) in [5.74, 6) is 0.0217. The Kier molecular flexibility index (Phi) is 4.99. The highest BCUT2D eigenvalue weighted by Crippen LogP contribution is 2.29. The average molecular weight is 385 g/mol. The summed E-state index contributed by atoms with van der Waals surface area (Å²) in [7, 11) is -3.55. The van der Waals surface area contributed by atoms with Crippen molar-refractivity contribution in [3.63, 3.8) is 0 Å². The van der Waals surface area contributed by atoms with Crippen molar-refractivity contribution in [3.05, 3.63) is 38.6 Å².